The van der Waals surface area contributed by atoms with E-state index in [2.05, 4.69) is 9.97 Å². The average molecular weight is 392 g/mol. The molecule has 1 atom stereocenters. The van der Waals surface area contributed by atoms with E-state index in [9.17, 15) is 9.59 Å². The van der Waals surface area contributed by atoms with E-state index in [1.165, 1.54) is 11.8 Å². The fraction of sp³-hybridized carbons (Fsp3) is 0.353. The molecule has 1 unspecified atom stereocenters. The van der Waals surface area contributed by atoms with E-state index in [-0.39, 0.29) is 27.5 Å². The number of anilines is 2. The Hall–Kier alpha value is -2.56. The standard InChI is InChI=1S/C17H20N4O5S/c18-13-12(14(22)21-17(19)20-13)27-11(16-25-7-8-26-16)6-3-9-1-4-10(5-2-9)15(23)24/h1-2,4-5,11,16H,3,6-8H2,(H,23,24)(H5,18,19,20,21,22). The monoisotopic (exact) mass is 392 g/mol. The molecule has 2 heterocycles. The zero-order valence-electron chi connectivity index (χ0n) is 14.4. The number of nitrogens with zero attached hydrogens (tertiary/aromatic N) is 1. The van der Waals surface area contributed by atoms with Gasteiger partial charge in [0, 0.05) is 0 Å². The van der Waals surface area contributed by atoms with Crippen LogP contribution in [0.5, 0.6) is 0 Å². The van der Waals surface area contributed by atoms with Gasteiger partial charge in [-0.3, -0.25) is 9.78 Å². The summed E-state index contributed by atoms with van der Waals surface area (Å²) in [6, 6.07) is 6.67. The van der Waals surface area contributed by atoms with Gasteiger partial charge < -0.3 is 26.0 Å². The molecule has 0 saturated carbocycles. The Morgan fingerprint density at radius 2 is 1.96 bits per heavy atom. The number of aromatic nitrogens is 2. The number of nitrogen functional groups attached to an aromatic ring is 2. The van der Waals surface area contributed by atoms with E-state index in [0.29, 0.717) is 26.1 Å². The highest BCUT2D eigenvalue weighted by molar-refractivity contribution is 8.00. The third-order valence-electron chi connectivity index (χ3n) is 4.06. The molecule has 1 aromatic carbocycles. The van der Waals surface area contributed by atoms with Gasteiger partial charge in [0.15, 0.2) is 6.29 Å². The number of ether oxygens (including phenoxy) is 2. The van der Waals surface area contributed by atoms with Crippen LogP contribution in [0.1, 0.15) is 22.3 Å². The zero-order chi connectivity index (χ0) is 19.4. The van der Waals surface area contributed by atoms with Crippen LogP contribution in [0.3, 0.4) is 0 Å². The van der Waals surface area contributed by atoms with E-state index < -0.39 is 17.8 Å². The molecule has 0 amide bonds. The molecule has 0 radical (unpaired) electrons. The van der Waals surface area contributed by atoms with Crippen molar-refractivity contribution >= 4 is 29.5 Å². The van der Waals surface area contributed by atoms with Crippen LogP contribution in [0.4, 0.5) is 11.8 Å². The largest absolute Gasteiger partial charge is 0.478 e. The lowest BCUT2D eigenvalue weighted by atomic mass is 10.1. The summed E-state index contributed by atoms with van der Waals surface area (Å²) in [7, 11) is 0. The van der Waals surface area contributed by atoms with E-state index in [1.807, 2.05) is 0 Å². The first-order chi connectivity index (χ1) is 12.9. The van der Waals surface area contributed by atoms with Crippen LogP contribution >= 0.6 is 11.8 Å². The van der Waals surface area contributed by atoms with Crippen LogP contribution in [0.15, 0.2) is 34.0 Å². The lowest BCUT2D eigenvalue weighted by molar-refractivity contribution is -0.0427. The first kappa shape index (κ1) is 19.2. The van der Waals surface area contributed by atoms with Crippen molar-refractivity contribution in [1.82, 2.24) is 9.97 Å². The number of rotatable bonds is 7. The predicted octanol–water partition coefficient (Wildman–Crippen LogP) is 1.10. The maximum absolute atomic E-state index is 12.2. The quantitative estimate of drug-likeness (QED) is 0.507. The SMILES string of the molecule is Nc1nc(N)c(SC(CCc2ccc(C(=O)O)cc2)C2OCCO2)c(=O)[nH]1. The topological polar surface area (TPSA) is 154 Å². The van der Waals surface area contributed by atoms with E-state index >= 15 is 0 Å². The van der Waals surface area contributed by atoms with Gasteiger partial charge >= 0.3 is 5.97 Å². The second kappa shape index (κ2) is 8.42. The summed E-state index contributed by atoms with van der Waals surface area (Å²) in [4.78, 5) is 29.7. The van der Waals surface area contributed by atoms with Crippen molar-refractivity contribution in [2.75, 3.05) is 24.7 Å². The normalized spacial score (nSPS) is 15.7. The number of aryl methyl sites for hydroxylation is 1. The number of hydrogen-bond donors (Lipinski definition) is 4. The number of nitrogens with two attached hydrogens (primary N) is 2. The maximum Gasteiger partial charge on any atom is 0.335 e. The number of thioether (sulfide) groups is 1. The zero-order valence-corrected chi connectivity index (χ0v) is 15.2. The van der Waals surface area contributed by atoms with Crippen molar-refractivity contribution in [3.8, 4) is 0 Å². The summed E-state index contributed by atoms with van der Waals surface area (Å²) in [6.45, 7) is 0.974. The Labute approximate surface area is 159 Å². The summed E-state index contributed by atoms with van der Waals surface area (Å²) in [5, 5.41) is 8.78. The minimum absolute atomic E-state index is 0.0368. The smallest absolute Gasteiger partial charge is 0.335 e. The predicted molar refractivity (Wildman–Crippen MR) is 101 cm³/mol. The molecular weight excluding hydrogens is 372 g/mol. The third-order valence-corrected chi connectivity index (χ3v) is 5.45. The molecule has 1 aliphatic heterocycles. The van der Waals surface area contributed by atoms with Gasteiger partial charge in [-0.2, -0.15) is 4.98 Å². The highest BCUT2D eigenvalue weighted by Crippen LogP contribution is 2.32. The van der Waals surface area contributed by atoms with Crippen molar-refractivity contribution in [2.24, 2.45) is 0 Å². The molecule has 0 bridgehead atoms. The number of hydrogen-bond acceptors (Lipinski definition) is 8. The van der Waals surface area contributed by atoms with Crippen LogP contribution in [-0.4, -0.2) is 45.8 Å². The summed E-state index contributed by atoms with van der Waals surface area (Å²) in [6.07, 6.45) is 0.816. The summed E-state index contributed by atoms with van der Waals surface area (Å²) in [5.41, 5.74) is 12.2. The van der Waals surface area contributed by atoms with Gasteiger partial charge in [0.25, 0.3) is 5.56 Å². The highest BCUT2D eigenvalue weighted by Gasteiger charge is 2.29. The molecule has 0 spiro atoms. The Morgan fingerprint density at radius 3 is 2.56 bits per heavy atom. The number of H-pyrrole nitrogens is 1. The van der Waals surface area contributed by atoms with E-state index in [0.717, 1.165) is 5.56 Å². The lowest BCUT2D eigenvalue weighted by Crippen LogP contribution is -2.27. The minimum Gasteiger partial charge on any atom is -0.478 e. The number of carboxylic acid groups (broad SMARTS) is 1. The molecule has 9 nitrogen and oxygen atoms in total. The van der Waals surface area contributed by atoms with Crippen molar-refractivity contribution in [3.63, 3.8) is 0 Å². The van der Waals surface area contributed by atoms with Gasteiger partial charge in [-0.05, 0) is 30.5 Å². The van der Waals surface area contributed by atoms with Crippen molar-refractivity contribution in [1.29, 1.82) is 0 Å². The van der Waals surface area contributed by atoms with Crippen LogP contribution in [-0.2, 0) is 15.9 Å². The number of benzene rings is 1. The van der Waals surface area contributed by atoms with Crippen LogP contribution in [0, 0.1) is 0 Å². The molecule has 3 rings (SSSR count). The van der Waals surface area contributed by atoms with Crippen molar-refractivity contribution in [2.45, 2.75) is 29.3 Å². The molecule has 6 N–H and O–H groups in total. The van der Waals surface area contributed by atoms with Crippen LogP contribution < -0.4 is 17.0 Å². The molecule has 2 aromatic rings. The van der Waals surface area contributed by atoms with Crippen molar-refractivity contribution in [3.05, 3.63) is 45.7 Å². The average Bonchev–Trinajstić information content (AvgIpc) is 3.15. The van der Waals surface area contributed by atoms with E-state index in [1.54, 1.807) is 24.3 Å². The third kappa shape index (κ3) is 4.79. The second-order valence-corrected chi connectivity index (χ2v) is 7.22. The Kier molecular flexibility index (Phi) is 5.99. The summed E-state index contributed by atoms with van der Waals surface area (Å²) in [5.74, 6) is -0.936. The molecule has 27 heavy (non-hydrogen) atoms. The molecule has 144 valence electrons. The summed E-state index contributed by atoms with van der Waals surface area (Å²) >= 11 is 1.24. The Morgan fingerprint density at radius 1 is 1.30 bits per heavy atom. The number of nitrogens with one attached hydrogen (secondary N) is 1. The fourth-order valence-corrected chi connectivity index (χ4v) is 3.86. The highest BCUT2D eigenvalue weighted by atomic mass is 32.2. The van der Waals surface area contributed by atoms with Gasteiger partial charge in [-0.25, -0.2) is 4.79 Å². The Balaban J connectivity index is 1.74. The van der Waals surface area contributed by atoms with Gasteiger partial charge in [-0.15, -0.1) is 11.8 Å². The van der Waals surface area contributed by atoms with Gasteiger partial charge in [-0.1, -0.05) is 12.1 Å². The molecular formula is C17H20N4O5S. The number of aromatic carboxylic acids is 1. The lowest BCUT2D eigenvalue weighted by Gasteiger charge is -2.22. The molecule has 1 fully saturated rings. The maximum atomic E-state index is 12.2. The van der Waals surface area contributed by atoms with Gasteiger partial charge in [0.05, 0.1) is 24.0 Å². The number of aromatic amines is 1. The molecule has 1 aromatic heterocycles. The Bertz CT molecular complexity index is 865. The first-order valence-electron chi connectivity index (χ1n) is 8.31. The summed E-state index contributed by atoms with van der Waals surface area (Å²) < 4.78 is 11.2. The molecule has 10 heteroatoms. The van der Waals surface area contributed by atoms with Crippen LogP contribution in [0.2, 0.25) is 0 Å². The number of carbonyl (C=O) groups is 1. The van der Waals surface area contributed by atoms with E-state index in [4.69, 9.17) is 26.0 Å². The van der Waals surface area contributed by atoms with Crippen molar-refractivity contribution < 1.29 is 19.4 Å². The van der Waals surface area contributed by atoms with Gasteiger partial charge in [0.2, 0.25) is 5.95 Å². The minimum atomic E-state index is -0.965. The van der Waals surface area contributed by atoms with Crippen LogP contribution in [0.25, 0.3) is 0 Å². The molecule has 1 saturated heterocycles. The second-order valence-electron chi connectivity index (χ2n) is 5.97. The first-order valence-corrected chi connectivity index (χ1v) is 9.19. The molecule has 1 aliphatic rings. The fourth-order valence-electron chi connectivity index (χ4n) is 2.73. The number of carboxylic acids is 1. The molecule has 0 aliphatic carbocycles. The van der Waals surface area contributed by atoms with Gasteiger partial charge in [0.1, 0.15) is 10.7 Å².